The van der Waals surface area contributed by atoms with Gasteiger partial charge in [0.05, 0.1) is 21.3 Å². The highest BCUT2D eigenvalue weighted by Gasteiger charge is 2.20. The second-order valence-corrected chi connectivity index (χ2v) is 3.27. The number of hydrogen-bond acceptors (Lipinski definition) is 5. The summed E-state index contributed by atoms with van der Waals surface area (Å²) < 4.78 is 15.3. The fourth-order valence-corrected chi connectivity index (χ4v) is 1.42. The van der Waals surface area contributed by atoms with E-state index in [1.165, 1.54) is 33.5 Å². The standard InChI is InChI=1S/C11H15NO5/c1-15-7-4-6(9(12)11(13)14)5-8(16-2)10(7)17-3/h4-5,9H,12H2,1-3H3,(H,13,14). The smallest absolute Gasteiger partial charge is 0.325 e. The fourth-order valence-electron chi connectivity index (χ4n) is 1.42. The summed E-state index contributed by atoms with van der Waals surface area (Å²) in [6.45, 7) is 0. The Balaban J connectivity index is 3.31. The molecule has 17 heavy (non-hydrogen) atoms. The van der Waals surface area contributed by atoms with Crippen molar-refractivity contribution in [1.82, 2.24) is 0 Å². The minimum absolute atomic E-state index is 0.374. The van der Waals surface area contributed by atoms with Crippen molar-refractivity contribution in [2.45, 2.75) is 6.04 Å². The number of methoxy groups -OCH3 is 3. The summed E-state index contributed by atoms with van der Waals surface area (Å²) in [6.07, 6.45) is 0. The fraction of sp³-hybridized carbons (Fsp3) is 0.364. The van der Waals surface area contributed by atoms with Crippen LogP contribution in [0.2, 0.25) is 0 Å². The lowest BCUT2D eigenvalue weighted by atomic mass is 10.1. The van der Waals surface area contributed by atoms with Gasteiger partial charge in [-0.05, 0) is 17.7 Å². The third-order valence-electron chi connectivity index (χ3n) is 2.31. The molecule has 1 unspecified atom stereocenters. The molecule has 0 aliphatic carbocycles. The Labute approximate surface area is 98.9 Å². The number of ether oxygens (including phenoxy) is 3. The molecule has 0 saturated carbocycles. The first kappa shape index (κ1) is 13.1. The van der Waals surface area contributed by atoms with Crippen LogP contribution in [0.25, 0.3) is 0 Å². The van der Waals surface area contributed by atoms with Gasteiger partial charge in [-0.15, -0.1) is 0 Å². The highest BCUT2D eigenvalue weighted by molar-refractivity contribution is 5.76. The van der Waals surface area contributed by atoms with Gasteiger partial charge in [-0.25, -0.2) is 0 Å². The molecular formula is C11H15NO5. The maximum absolute atomic E-state index is 10.8. The van der Waals surface area contributed by atoms with Crippen LogP contribution >= 0.6 is 0 Å². The van der Waals surface area contributed by atoms with E-state index < -0.39 is 12.0 Å². The predicted octanol–water partition coefficient (Wildman–Crippen LogP) is 0.797. The van der Waals surface area contributed by atoms with Crippen molar-refractivity contribution in [2.24, 2.45) is 5.73 Å². The Hall–Kier alpha value is -1.95. The zero-order chi connectivity index (χ0) is 13.0. The zero-order valence-electron chi connectivity index (χ0n) is 9.89. The van der Waals surface area contributed by atoms with E-state index in [0.717, 1.165) is 0 Å². The van der Waals surface area contributed by atoms with Crippen LogP contribution in [0.3, 0.4) is 0 Å². The van der Waals surface area contributed by atoms with Gasteiger partial charge >= 0.3 is 5.97 Å². The average Bonchev–Trinajstić information content (AvgIpc) is 2.35. The Morgan fingerprint density at radius 1 is 1.18 bits per heavy atom. The summed E-state index contributed by atoms with van der Waals surface area (Å²) in [5, 5.41) is 8.85. The second kappa shape index (κ2) is 5.40. The predicted molar refractivity (Wildman–Crippen MR) is 60.7 cm³/mol. The van der Waals surface area contributed by atoms with Crippen LogP contribution in [0.5, 0.6) is 17.2 Å². The van der Waals surface area contributed by atoms with E-state index in [1.54, 1.807) is 0 Å². The van der Waals surface area contributed by atoms with Gasteiger partial charge in [-0.1, -0.05) is 0 Å². The normalized spacial score (nSPS) is 11.8. The van der Waals surface area contributed by atoms with E-state index in [9.17, 15) is 4.79 Å². The number of carboxylic acid groups (broad SMARTS) is 1. The van der Waals surface area contributed by atoms with Crippen LogP contribution in [0.1, 0.15) is 11.6 Å². The number of benzene rings is 1. The third kappa shape index (κ3) is 2.59. The van der Waals surface area contributed by atoms with Gasteiger partial charge in [0.25, 0.3) is 0 Å². The van der Waals surface area contributed by atoms with Crippen LogP contribution in [-0.2, 0) is 4.79 Å². The molecule has 1 aromatic rings. The molecule has 0 amide bonds. The van der Waals surface area contributed by atoms with Crippen molar-refractivity contribution in [2.75, 3.05) is 21.3 Å². The Kier molecular flexibility index (Phi) is 4.17. The molecule has 0 aliphatic heterocycles. The number of aliphatic carboxylic acids is 1. The SMILES string of the molecule is COc1cc(C(N)C(=O)O)cc(OC)c1OC. The van der Waals surface area contributed by atoms with Crippen molar-refractivity contribution in [3.63, 3.8) is 0 Å². The largest absolute Gasteiger partial charge is 0.493 e. The summed E-state index contributed by atoms with van der Waals surface area (Å²) in [4.78, 5) is 10.8. The van der Waals surface area contributed by atoms with Crippen LogP contribution in [0.4, 0.5) is 0 Å². The second-order valence-electron chi connectivity index (χ2n) is 3.27. The van der Waals surface area contributed by atoms with Crippen LogP contribution in [0.15, 0.2) is 12.1 Å². The van der Waals surface area contributed by atoms with E-state index in [-0.39, 0.29) is 0 Å². The lowest BCUT2D eigenvalue weighted by molar-refractivity contribution is -0.138. The Morgan fingerprint density at radius 3 is 1.94 bits per heavy atom. The van der Waals surface area contributed by atoms with Gasteiger partial charge in [-0.3, -0.25) is 4.79 Å². The van der Waals surface area contributed by atoms with E-state index in [2.05, 4.69) is 0 Å². The van der Waals surface area contributed by atoms with Gasteiger partial charge in [0.15, 0.2) is 11.5 Å². The summed E-state index contributed by atoms with van der Waals surface area (Å²) in [5.41, 5.74) is 5.91. The lowest BCUT2D eigenvalue weighted by Crippen LogP contribution is -2.20. The van der Waals surface area contributed by atoms with E-state index in [0.29, 0.717) is 22.8 Å². The van der Waals surface area contributed by atoms with Crippen LogP contribution in [0, 0.1) is 0 Å². The van der Waals surface area contributed by atoms with Crippen molar-refractivity contribution >= 4 is 5.97 Å². The molecule has 1 rings (SSSR count). The maximum atomic E-state index is 10.8. The molecule has 1 aromatic carbocycles. The molecule has 0 aliphatic rings. The Morgan fingerprint density at radius 2 is 1.65 bits per heavy atom. The molecule has 0 fully saturated rings. The average molecular weight is 241 g/mol. The molecule has 0 radical (unpaired) electrons. The molecule has 0 saturated heterocycles. The monoisotopic (exact) mass is 241 g/mol. The number of rotatable bonds is 5. The molecule has 94 valence electrons. The number of carboxylic acids is 1. The van der Waals surface area contributed by atoms with Gasteiger partial charge in [0.2, 0.25) is 5.75 Å². The van der Waals surface area contributed by atoms with Crippen LogP contribution < -0.4 is 19.9 Å². The van der Waals surface area contributed by atoms with E-state index >= 15 is 0 Å². The first-order valence-corrected chi connectivity index (χ1v) is 4.83. The first-order valence-electron chi connectivity index (χ1n) is 4.83. The van der Waals surface area contributed by atoms with E-state index in [4.69, 9.17) is 25.1 Å². The number of nitrogens with two attached hydrogens (primary N) is 1. The lowest BCUT2D eigenvalue weighted by Gasteiger charge is -2.15. The van der Waals surface area contributed by atoms with Gasteiger partial charge < -0.3 is 25.1 Å². The maximum Gasteiger partial charge on any atom is 0.325 e. The molecule has 0 bridgehead atoms. The van der Waals surface area contributed by atoms with Crippen molar-refractivity contribution in [1.29, 1.82) is 0 Å². The highest BCUT2D eigenvalue weighted by atomic mass is 16.5. The van der Waals surface area contributed by atoms with Crippen molar-refractivity contribution in [3.05, 3.63) is 17.7 Å². The minimum atomic E-state index is -1.14. The summed E-state index contributed by atoms with van der Waals surface area (Å²) >= 11 is 0. The third-order valence-corrected chi connectivity index (χ3v) is 2.31. The van der Waals surface area contributed by atoms with Crippen molar-refractivity contribution in [3.8, 4) is 17.2 Å². The topological polar surface area (TPSA) is 91.0 Å². The summed E-state index contributed by atoms with van der Waals surface area (Å²) in [7, 11) is 4.37. The minimum Gasteiger partial charge on any atom is -0.493 e. The molecule has 6 heteroatoms. The highest BCUT2D eigenvalue weighted by Crippen LogP contribution is 2.39. The van der Waals surface area contributed by atoms with Crippen molar-refractivity contribution < 1.29 is 24.1 Å². The summed E-state index contributed by atoms with van der Waals surface area (Å²) in [6, 6.07) is 1.89. The molecular weight excluding hydrogens is 226 g/mol. The molecule has 0 aromatic heterocycles. The zero-order valence-corrected chi connectivity index (χ0v) is 9.89. The van der Waals surface area contributed by atoms with E-state index in [1.807, 2.05) is 0 Å². The van der Waals surface area contributed by atoms with Gasteiger partial charge in [0.1, 0.15) is 6.04 Å². The summed E-state index contributed by atoms with van der Waals surface area (Å²) in [5.74, 6) is 0.0210. The molecule has 3 N–H and O–H groups in total. The molecule has 6 nitrogen and oxygen atoms in total. The van der Waals surface area contributed by atoms with Gasteiger partial charge in [0, 0.05) is 0 Å². The molecule has 1 atom stereocenters. The number of carbonyl (C=O) groups is 1. The van der Waals surface area contributed by atoms with Gasteiger partial charge in [-0.2, -0.15) is 0 Å². The molecule has 0 spiro atoms. The first-order chi connectivity index (χ1) is 8.04. The molecule has 0 heterocycles. The number of hydrogen-bond donors (Lipinski definition) is 2. The quantitative estimate of drug-likeness (QED) is 0.792. The van der Waals surface area contributed by atoms with Crippen LogP contribution in [-0.4, -0.2) is 32.4 Å². The Bertz CT molecular complexity index is 393.